The zero-order valence-corrected chi connectivity index (χ0v) is 6.13. The number of primary amides is 1. The molecule has 1 heterocycles. The molecule has 3 N–H and O–H groups in total. The first-order valence-electron chi connectivity index (χ1n) is 3.76. The molecule has 0 radical (unpaired) electrons. The second-order valence-corrected chi connectivity index (χ2v) is 2.95. The van der Waals surface area contributed by atoms with Crippen molar-refractivity contribution in [1.29, 1.82) is 0 Å². The van der Waals surface area contributed by atoms with Crippen LogP contribution in [-0.4, -0.2) is 10.9 Å². The minimum Gasteiger partial charge on any atom is -0.364 e. The molecular formula is C8H10N2O. The number of H-pyrrole nitrogens is 1. The third-order valence-electron chi connectivity index (χ3n) is 2.04. The molecule has 0 spiro atoms. The molecule has 0 saturated heterocycles. The van der Waals surface area contributed by atoms with Gasteiger partial charge in [-0.15, -0.1) is 0 Å². The number of nitrogens with two attached hydrogens (primary N) is 1. The zero-order valence-electron chi connectivity index (χ0n) is 6.13. The summed E-state index contributed by atoms with van der Waals surface area (Å²) in [6.07, 6.45) is 4.16. The van der Waals surface area contributed by atoms with E-state index in [4.69, 9.17) is 5.73 Å². The van der Waals surface area contributed by atoms with Crippen LogP contribution in [0.4, 0.5) is 0 Å². The maximum absolute atomic E-state index is 10.8. The van der Waals surface area contributed by atoms with Crippen molar-refractivity contribution in [2.75, 3.05) is 0 Å². The van der Waals surface area contributed by atoms with Gasteiger partial charge < -0.3 is 10.7 Å². The lowest BCUT2D eigenvalue weighted by Crippen LogP contribution is -2.13. The van der Waals surface area contributed by atoms with Gasteiger partial charge in [0.15, 0.2) is 0 Å². The molecule has 0 bridgehead atoms. The molecule has 3 heteroatoms. The van der Waals surface area contributed by atoms with Crippen LogP contribution in [0, 0.1) is 0 Å². The molecule has 1 aliphatic carbocycles. The van der Waals surface area contributed by atoms with E-state index >= 15 is 0 Å². The van der Waals surface area contributed by atoms with Crippen molar-refractivity contribution in [3.63, 3.8) is 0 Å². The van der Waals surface area contributed by atoms with Crippen LogP contribution in [0.15, 0.2) is 12.3 Å². The fourth-order valence-electron chi connectivity index (χ4n) is 1.33. The summed E-state index contributed by atoms with van der Waals surface area (Å²) in [5.41, 5.74) is 6.84. The number of aromatic nitrogens is 1. The van der Waals surface area contributed by atoms with Crippen LogP contribution in [0.1, 0.15) is 34.8 Å². The number of hydrogen-bond donors (Lipinski definition) is 2. The van der Waals surface area contributed by atoms with Gasteiger partial charge in [0.05, 0.1) is 0 Å². The Balaban J connectivity index is 2.37. The molecule has 0 unspecified atom stereocenters. The molecule has 0 atom stereocenters. The van der Waals surface area contributed by atoms with Crippen LogP contribution in [0.2, 0.25) is 0 Å². The Morgan fingerprint density at radius 3 is 2.91 bits per heavy atom. The highest BCUT2D eigenvalue weighted by Gasteiger charge is 2.27. The zero-order chi connectivity index (χ0) is 7.84. The fourth-order valence-corrected chi connectivity index (χ4v) is 1.33. The lowest BCUT2D eigenvalue weighted by atomic mass is 10.1. The van der Waals surface area contributed by atoms with E-state index in [-0.39, 0.29) is 5.91 Å². The topological polar surface area (TPSA) is 58.9 Å². The maximum atomic E-state index is 10.8. The molecule has 3 nitrogen and oxygen atoms in total. The number of aromatic amines is 1. The second-order valence-electron chi connectivity index (χ2n) is 2.95. The average molecular weight is 150 g/mol. The third-order valence-corrected chi connectivity index (χ3v) is 2.04. The first kappa shape index (κ1) is 6.46. The average Bonchev–Trinajstić information content (AvgIpc) is 2.68. The number of carbonyl (C=O) groups excluding carboxylic acids is 1. The van der Waals surface area contributed by atoms with Crippen molar-refractivity contribution in [3.05, 3.63) is 23.5 Å². The lowest BCUT2D eigenvalue weighted by Gasteiger charge is -1.95. The van der Waals surface area contributed by atoms with E-state index in [0.29, 0.717) is 11.6 Å². The van der Waals surface area contributed by atoms with Gasteiger partial charge in [0.2, 0.25) is 0 Å². The van der Waals surface area contributed by atoms with Crippen LogP contribution < -0.4 is 5.73 Å². The van der Waals surface area contributed by atoms with Gasteiger partial charge in [-0.1, -0.05) is 0 Å². The minimum atomic E-state index is -0.350. The molecule has 1 saturated carbocycles. The van der Waals surface area contributed by atoms with Gasteiger partial charge in [-0.05, 0) is 30.4 Å². The summed E-state index contributed by atoms with van der Waals surface area (Å²) in [6, 6.07) is 1.94. The summed E-state index contributed by atoms with van der Waals surface area (Å²) in [5.74, 6) is 0.237. The molecule has 1 aliphatic rings. The van der Waals surface area contributed by atoms with E-state index in [1.165, 1.54) is 12.8 Å². The smallest absolute Gasteiger partial charge is 0.265 e. The highest BCUT2D eigenvalue weighted by atomic mass is 16.1. The van der Waals surface area contributed by atoms with E-state index in [0.717, 1.165) is 5.56 Å². The predicted molar refractivity (Wildman–Crippen MR) is 41.3 cm³/mol. The second kappa shape index (κ2) is 2.12. The molecular weight excluding hydrogens is 140 g/mol. The monoisotopic (exact) mass is 150 g/mol. The van der Waals surface area contributed by atoms with Crippen molar-refractivity contribution in [2.24, 2.45) is 5.73 Å². The maximum Gasteiger partial charge on any atom is 0.265 e. The van der Waals surface area contributed by atoms with E-state index in [9.17, 15) is 4.79 Å². The Hall–Kier alpha value is -1.25. The predicted octanol–water partition coefficient (Wildman–Crippen LogP) is 0.991. The molecule has 1 aromatic heterocycles. The van der Waals surface area contributed by atoms with Crippen molar-refractivity contribution >= 4 is 5.91 Å². The Labute approximate surface area is 64.6 Å². The van der Waals surface area contributed by atoms with E-state index in [1.807, 2.05) is 6.07 Å². The van der Waals surface area contributed by atoms with E-state index in [2.05, 4.69) is 4.98 Å². The fraction of sp³-hybridized carbons (Fsp3) is 0.375. The Kier molecular flexibility index (Phi) is 1.24. The summed E-state index contributed by atoms with van der Waals surface area (Å²) < 4.78 is 0. The molecule has 2 rings (SSSR count). The number of nitrogens with one attached hydrogen (secondary N) is 1. The molecule has 1 fully saturated rings. The number of hydrogen-bond acceptors (Lipinski definition) is 1. The summed E-state index contributed by atoms with van der Waals surface area (Å²) >= 11 is 0. The van der Waals surface area contributed by atoms with Gasteiger partial charge in [-0.3, -0.25) is 4.79 Å². The van der Waals surface area contributed by atoms with Gasteiger partial charge in [-0.2, -0.15) is 0 Å². The van der Waals surface area contributed by atoms with Gasteiger partial charge in [0, 0.05) is 6.20 Å². The van der Waals surface area contributed by atoms with Crippen molar-refractivity contribution in [3.8, 4) is 0 Å². The molecule has 1 aromatic rings. The normalized spacial score (nSPS) is 16.7. The standard InChI is InChI=1S/C8H10N2O/c9-8(11)7-6(3-4-10-7)5-1-2-5/h3-5,10H,1-2H2,(H2,9,11). The van der Waals surface area contributed by atoms with Gasteiger partial charge in [0.1, 0.15) is 5.69 Å². The summed E-state index contributed by atoms with van der Waals surface area (Å²) in [6.45, 7) is 0. The third kappa shape index (κ3) is 1.02. The first-order chi connectivity index (χ1) is 5.29. The number of rotatable bonds is 2. The van der Waals surface area contributed by atoms with Crippen molar-refractivity contribution in [2.45, 2.75) is 18.8 Å². The summed E-state index contributed by atoms with van der Waals surface area (Å²) in [5, 5.41) is 0. The molecule has 0 aliphatic heterocycles. The quantitative estimate of drug-likeness (QED) is 0.649. The SMILES string of the molecule is NC(=O)c1[nH]ccc1C1CC1. The summed E-state index contributed by atoms with van der Waals surface area (Å²) in [7, 11) is 0. The van der Waals surface area contributed by atoms with Crippen LogP contribution in [0.3, 0.4) is 0 Å². The van der Waals surface area contributed by atoms with Crippen LogP contribution >= 0.6 is 0 Å². The Bertz CT molecular complexity index is 286. The molecule has 58 valence electrons. The van der Waals surface area contributed by atoms with E-state index < -0.39 is 0 Å². The van der Waals surface area contributed by atoms with Gasteiger partial charge in [-0.25, -0.2) is 0 Å². The lowest BCUT2D eigenvalue weighted by molar-refractivity contribution is 0.0995. The van der Waals surface area contributed by atoms with Crippen LogP contribution in [0.25, 0.3) is 0 Å². The van der Waals surface area contributed by atoms with Crippen molar-refractivity contribution in [1.82, 2.24) is 4.98 Å². The molecule has 0 aromatic carbocycles. The largest absolute Gasteiger partial charge is 0.364 e. The van der Waals surface area contributed by atoms with Gasteiger partial charge >= 0.3 is 0 Å². The van der Waals surface area contributed by atoms with Crippen LogP contribution in [-0.2, 0) is 0 Å². The number of amides is 1. The molecule has 11 heavy (non-hydrogen) atoms. The number of carbonyl (C=O) groups is 1. The first-order valence-corrected chi connectivity index (χ1v) is 3.76. The minimum absolute atomic E-state index is 0.350. The Morgan fingerprint density at radius 1 is 1.64 bits per heavy atom. The Morgan fingerprint density at radius 2 is 2.36 bits per heavy atom. The van der Waals surface area contributed by atoms with E-state index in [1.54, 1.807) is 6.20 Å². The van der Waals surface area contributed by atoms with Crippen molar-refractivity contribution < 1.29 is 4.79 Å². The van der Waals surface area contributed by atoms with Crippen LogP contribution in [0.5, 0.6) is 0 Å². The van der Waals surface area contributed by atoms with Gasteiger partial charge in [0.25, 0.3) is 5.91 Å². The highest BCUT2D eigenvalue weighted by Crippen LogP contribution is 2.41. The highest BCUT2D eigenvalue weighted by molar-refractivity contribution is 5.92. The molecule has 1 amide bonds. The summed E-state index contributed by atoms with van der Waals surface area (Å²) in [4.78, 5) is 13.7.